The van der Waals surface area contributed by atoms with Crippen LogP contribution in [0.3, 0.4) is 0 Å². The van der Waals surface area contributed by atoms with Gasteiger partial charge in [0.05, 0.1) is 5.02 Å². The van der Waals surface area contributed by atoms with Crippen molar-refractivity contribution < 1.29 is 0 Å². The Morgan fingerprint density at radius 2 is 2.57 bits per heavy atom. The van der Waals surface area contributed by atoms with Crippen molar-refractivity contribution in [3.63, 3.8) is 0 Å². The smallest absolute Gasteiger partial charge is 0.0516 e. The molecule has 1 N–H and O–H groups in total. The molecule has 0 saturated carbocycles. The van der Waals surface area contributed by atoms with Gasteiger partial charge in [0.15, 0.2) is 0 Å². The van der Waals surface area contributed by atoms with E-state index in [1.54, 1.807) is 11.3 Å². The summed E-state index contributed by atoms with van der Waals surface area (Å²) in [5, 5.41) is 6.24. The van der Waals surface area contributed by atoms with Crippen molar-refractivity contribution in [2.45, 2.75) is 19.0 Å². The summed E-state index contributed by atoms with van der Waals surface area (Å²) >= 11 is 7.63. The second-order valence-electron chi connectivity index (χ2n) is 3.79. The topological polar surface area (TPSA) is 15.3 Å². The molecule has 1 aromatic rings. The van der Waals surface area contributed by atoms with Gasteiger partial charge in [0.1, 0.15) is 0 Å². The summed E-state index contributed by atoms with van der Waals surface area (Å²) in [5.74, 6) is 0. The Kier molecular flexibility index (Phi) is 3.44. The van der Waals surface area contributed by atoms with Crippen LogP contribution in [0.2, 0.25) is 5.02 Å². The van der Waals surface area contributed by atoms with Gasteiger partial charge in [-0.2, -0.15) is 0 Å². The first-order chi connectivity index (χ1) is 6.75. The third-order valence-corrected chi connectivity index (χ3v) is 3.95. The van der Waals surface area contributed by atoms with Gasteiger partial charge in [-0.15, -0.1) is 11.3 Å². The van der Waals surface area contributed by atoms with Crippen molar-refractivity contribution in [3.8, 4) is 0 Å². The fraction of sp³-hybridized carbons (Fsp3) is 0.600. The Labute approximate surface area is 93.9 Å². The first kappa shape index (κ1) is 10.4. The number of nitrogens with one attached hydrogen (secondary N) is 1. The minimum absolute atomic E-state index is 0.691. The average molecular weight is 231 g/mol. The number of hydrogen-bond acceptors (Lipinski definition) is 3. The highest BCUT2D eigenvalue weighted by atomic mass is 35.5. The van der Waals surface area contributed by atoms with Gasteiger partial charge in [-0.3, -0.25) is 4.90 Å². The molecule has 1 aliphatic heterocycles. The molecule has 0 bridgehead atoms. The maximum Gasteiger partial charge on any atom is 0.0516 e. The zero-order valence-electron chi connectivity index (χ0n) is 8.29. The first-order valence-electron chi connectivity index (χ1n) is 4.89. The fourth-order valence-corrected chi connectivity index (χ4v) is 2.96. The van der Waals surface area contributed by atoms with Gasteiger partial charge >= 0.3 is 0 Å². The highest BCUT2D eigenvalue weighted by Crippen LogP contribution is 2.21. The lowest BCUT2D eigenvalue weighted by Crippen LogP contribution is -2.32. The Hall–Kier alpha value is -0.0900. The van der Waals surface area contributed by atoms with Gasteiger partial charge in [-0.05, 0) is 26.1 Å². The molecule has 0 aromatic carbocycles. The molecule has 1 unspecified atom stereocenters. The van der Waals surface area contributed by atoms with Gasteiger partial charge < -0.3 is 5.32 Å². The van der Waals surface area contributed by atoms with Crippen LogP contribution >= 0.6 is 22.9 Å². The van der Waals surface area contributed by atoms with Gasteiger partial charge in [0.2, 0.25) is 0 Å². The van der Waals surface area contributed by atoms with Crippen LogP contribution in [0.15, 0.2) is 11.4 Å². The van der Waals surface area contributed by atoms with E-state index in [-0.39, 0.29) is 0 Å². The summed E-state index contributed by atoms with van der Waals surface area (Å²) in [7, 11) is 2.19. The van der Waals surface area contributed by atoms with E-state index >= 15 is 0 Å². The third kappa shape index (κ3) is 2.48. The van der Waals surface area contributed by atoms with Crippen LogP contribution in [0.5, 0.6) is 0 Å². The van der Waals surface area contributed by atoms with Crippen LogP contribution in [0.1, 0.15) is 11.3 Å². The fourth-order valence-electron chi connectivity index (χ4n) is 1.83. The first-order valence-corrected chi connectivity index (χ1v) is 6.15. The number of nitrogens with zero attached hydrogens (tertiary/aromatic N) is 1. The van der Waals surface area contributed by atoms with E-state index in [0.29, 0.717) is 6.04 Å². The minimum atomic E-state index is 0.691. The molecule has 0 amide bonds. The number of rotatable bonds is 3. The highest BCUT2D eigenvalue weighted by molar-refractivity contribution is 7.10. The molecule has 1 aromatic heterocycles. The second kappa shape index (κ2) is 4.62. The van der Waals surface area contributed by atoms with E-state index < -0.39 is 0 Å². The van der Waals surface area contributed by atoms with Crippen molar-refractivity contribution in [2.24, 2.45) is 0 Å². The molecule has 1 atom stereocenters. The molecular weight excluding hydrogens is 216 g/mol. The second-order valence-corrected chi connectivity index (χ2v) is 5.23. The molecule has 1 aliphatic rings. The predicted octanol–water partition coefficient (Wildman–Crippen LogP) is 2.20. The van der Waals surface area contributed by atoms with Crippen molar-refractivity contribution in [2.75, 3.05) is 20.1 Å². The molecule has 1 saturated heterocycles. The summed E-state index contributed by atoms with van der Waals surface area (Å²) in [4.78, 5) is 3.76. The number of halogens is 1. The molecule has 0 radical (unpaired) electrons. The zero-order chi connectivity index (χ0) is 9.97. The number of likely N-dealkylation sites (N-methyl/N-ethyl adjacent to an activating group) is 1. The number of thiophene rings is 1. The Morgan fingerprint density at radius 3 is 3.14 bits per heavy atom. The summed E-state index contributed by atoms with van der Waals surface area (Å²) in [5.41, 5.74) is 0. The minimum Gasteiger partial charge on any atom is -0.315 e. The van der Waals surface area contributed by atoms with E-state index in [4.69, 9.17) is 11.6 Å². The molecular formula is C10H15ClN2S. The van der Waals surface area contributed by atoms with Crippen molar-refractivity contribution >= 4 is 22.9 Å². The summed E-state index contributed by atoms with van der Waals surface area (Å²) in [6.45, 7) is 3.29. The van der Waals surface area contributed by atoms with E-state index in [2.05, 4.69) is 23.3 Å². The van der Waals surface area contributed by atoms with Gasteiger partial charge in [0, 0.05) is 29.4 Å². The van der Waals surface area contributed by atoms with E-state index in [9.17, 15) is 0 Å². The van der Waals surface area contributed by atoms with Crippen molar-refractivity contribution in [3.05, 3.63) is 21.3 Å². The Balaban J connectivity index is 1.90. The largest absolute Gasteiger partial charge is 0.315 e. The lowest BCUT2D eigenvalue weighted by molar-refractivity contribution is 0.251. The standard InChI is InChI=1S/C10H15ClN2S/c1-13(9-2-3-12-5-9)6-10-4-8(11)7-14-10/h4,7,9,12H,2-3,5-6H2,1H3. The molecule has 0 aliphatic carbocycles. The van der Waals surface area contributed by atoms with E-state index in [0.717, 1.165) is 24.7 Å². The van der Waals surface area contributed by atoms with Gasteiger partial charge in [-0.25, -0.2) is 0 Å². The van der Waals surface area contributed by atoms with Gasteiger partial charge in [-0.1, -0.05) is 11.6 Å². The molecule has 2 heterocycles. The van der Waals surface area contributed by atoms with Crippen molar-refractivity contribution in [1.82, 2.24) is 10.2 Å². The van der Waals surface area contributed by atoms with Gasteiger partial charge in [0.25, 0.3) is 0 Å². The highest BCUT2D eigenvalue weighted by Gasteiger charge is 2.19. The maximum absolute atomic E-state index is 5.88. The van der Waals surface area contributed by atoms with Crippen LogP contribution in [-0.4, -0.2) is 31.1 Å². The summed E-state index contributed by atoms with van der Waals surface area (Å²) < 4.78 is 0. The Bertz CT molecular complexity index is 294. The molecule has 0 spiro atoms. The monoisotopic (exact) mass is 230 g/mol. The van der Waals surface area contributed by atoms with Crippen LogP contribution in [-0.2, 0) is 6.54 Å². The Morgan fingerprint density at radius 1 is 1.71 bits per heavy atom. The lowest BCUT2D eigenvalue weighted by Gasteiger charge is -2.22. The van der Waals surface area contributed by atoms with Crippen LogP contribution in [0.4, 0.5) is 0 Å². The predicted molar refractivity (Wildman–Crippen MR) is 62.1 cm³/mol. The molecule has 14 heavy (non-hydrogen) atoms. The SMILES string of the molecule is CN(Cc1cc(Cl)cs1)C1CCNC1. The quantitative estimate of drug-likeness (QED) is 0.857. The lowest BCUT2D eigenvalue weighted by atomic mass is 10.2. The van der Waals surface area contributed by atoms with Crippen LogP contribution in [0.25, 0.3) is 0 Å². The van der Waals surface area contributed by atoms with Crippen LogP contribution in [0, 0.1) is 0 Å². The number of hydrogen-bond donors (Lipinski definition) is 1. The molecule has 4 heteroatoms. The molecule has 78 valence electrons. The van der Waals surface area contributed by atoms with Crippen LogP contribution < -0.4 is 5.32 Å². The molecule has 1 fully saturated rings. The zero-order valence-corrected chi connectivity index (χ0v) is 9.87. The third-order valence-electron chi connectivity index (χ3n) is 2.68. The van der Waals surface area contributed by atoms with E-state index in [1.807, 2.05) is 5.38 Å². The van der Waals surface area contributed by atoms with E-state index in [1.165, 1.54) is 11.3 Å². The normalized spacial score (nSPS) is 22.1. The molecule has 2 nitrogen and oxygen atoms in total. The van der Waals surface area contributed by atoms with Crippen molar-refractivity contribution in [1.29, 1.82) is 0 Å². The average Bonchev–Trinajstić information content (AvgIpc) is 2.75. The maximum atomic E-state index is 5.88. The summed E-state index contributed by atoms with van der Waals surface area (Å²) in [6, 6.07) is 2.75. The molecule has 2 rings (SSSR count). The summed E-state index contributed by atoms with van der Waals surface area (Å²) in [6.07, 6.45) is 1.26.